The average molecular weight is 231 g/mol. The van der Waals surface area contributed by atoms with Crippen molar-refractivity contribution in [2.45, 2.75) is 19.5 Å². The van der Waals surface area contributed by atoms with E-state index in [1.54, 1.807) is 0 Å². The van der Waals surface area contributed by atoms with Crippen LogP contribution in [0.4, 0.5) is 0 Å². The Labute approximate surface area is 101 Å². The average Bonchev–Trinajstić information content (AvgIpc) is 2.86. The fourth-order valence-corrected chi connectivity index (χ4v) is 1.57. The van der Waals surface area contributed by atoms with Crippen molar-refractivity contribution >= 4 is 0 Å². The molecular formula is C14H17NO2. The molecule has 0 aliphatic heterocycles. The quantitative estimate of drug-likeness (QED) is 0.830. The molecule has 1 aromatic carbocycles. The first-order chi connectivity index (χ1) is 8.29. The third-order valence-corrected chi connectivity index (χ3v) is 2.62. The molecule has 3 heteroatoms. The van der Waals surface area contributed by atoms with Gasteiger partial charge in [0.05, 0.1) is 13.2 Å². The van der Waals surface area contributed by atoms with Gasteiger partial charge >= 0.3 is 0 Å². The van der Waals surface area contributed by atoms with Crippen LogP contribution in [-0.2, 0) is 6.54 Å². The lowest BCUT2D eigenvalue weighted by molar-refractivity contribution is 0.248. The minimum absolute atomic E-state index is 0.0836. The maximum absolute atomic E-state index is 8.90. The third kappa shape index (κ3) is 3.19. The van der Waals surface area contributed by atoms with Gasteiger partial charge in [-0.25, -0.2) is 0 Å². The van der Waals surface area contributed by atoms with Crippen molar-refractivity contribution in [2.75, 3.05) is 6.61 Å². The van der Waals surface area contributed by atoms with E-state index in [-0.39, 0.29) is 12.6 Å². The molecule has 17 heavy (non-hydrogen) atoms. The highest BCUT2D eigenvalue weighted by atomic mass is 16.3. The summed E-state index contributed by atoms with van der Waals surface area (Å²) in [5, 5.41) is 12.1. The van der Waals surface area contributed by atoms with Crippen LogP contribution in [0.3, 0.4) is 0 Å². The van der Waals surface area contributed by atoms with E-state index in [0.29, 0.717) is 6.54 Å². The summed E-state index contributed by atoms with van der Waals surface area (Å²) in [6.45, 7) is 2.70. The number of benzene rings is 1. The Balaban J connectivity index is 2.01. The zero-order chi connectivity index (χ0) is 12.1. The Morgan fingerprint density at radius 3 is 2.65 bits per heavy atom. The van der Waals surface area contributed by atoms with E-state index in [4.69, 9.17) is 9.52 Å². The molecule has 2 N–H and O–H groups in total. The van der Waals surface area contributed by atoms with Crippen LogP contribution >= 0.6 is 0 Å². The highest BCUT2D eigenvalue weighted by Gasteiger charge is 2.05. The molecule has 0 bridgehead atoms. The first-order valence-electron chi connectivity index (χ1n) is 5.78. The van der Waals surface area contributed by atoms with Gasteiger partial charge in [0.1, 0.15) is 11.5 Å². The molecule has 2 rings (SSSR count). The summed E-state index contributed by atoms with van der Waals surface area (Å²) in [6, 6.07) is 14.0. The molecule has 0 fully saturated rings. The monoisotopic (exact) mass is 231 g/mol. The minimum Gasteiger partial charge on any atom is -0.460 e. The zero-order valence-corrected chi connectivity index (χ0v) is 9.89. The van der Waals surface area contributed by atoms with Crippen LogP contribution in [0.1, 0.15) is 12.7 Å². The van der Waals surface area contributed by atoms with Gasteiger partial charge in [0.15, 0.2) is 0 Å². The van der Waals surface area contributed by atoms with Gasteiger partial charge in [-0.3, -0.25) is 0 Å². The molecule has 2 aromatic rings. The van der Waals surface area contributed by atoms with Crippen LogP contribution in [0, 0.1) is 0 Å². The van der Waals surface area contributed by atoms with Gasteiger partial charge in [0.25, 0.3) is 0 Å². The summed E-state index contributed by atoms with van der Waals surface area (Å²) in [5.41, 5.74) is 1.08. The van der Waals surface area contributed by atoms with Crippen molar-refractivity contribution in [1.82, 2.24) is 5.32 Å². The SMILES string of the molecule is C[C@H](CO)NCc1ccc(-c2ccccc2)o1. The zero-order valence-electron chi connectivity index (χ0n) is 9.89. The van der Waals surface area contributed by atoms with Gasteiger partial charge in [-0.1, -0.05) is 30.3 Å². The summed E-state index contributed by atoms with van der Waals surface area (Å²) < 4.78 is 5.72. The maximum atomic E-state index is 8.90. The summed E-state index contributed by atoms with van der Waals surface area (Å²) in [5.74, 6) is 1.75. The van der Waals surface area contributed by atoms with Gasteiger partial charge < -0.3 is 14.8 Å². The molecule has 1 atom stereocenters. The molecule has 0 aliphatic carbocycles. The molecule has 0 aliphatic rings. The van der Waals surface area contributed by atoms with Crippen molar-refractivity contribution in [1.29, 1.82) is 0 Å². The Bertz CT molecular complexity index is 450. The van der Waals surface area contributed by atoms with Gasteiger partial charge in [0, 0.05) is 11.6 Å². The van der Waals surface area contributed by atoms with Crippen molar-refractivity contribution in [3.8, 4) is 11.3 Å². The van der Waals surface area contributed by atoms with Crippen molar-refractivity contribution in [2.24, 2.45) is 0 Å². The second-order valence-electron chi connectivity index (χ2n) is 4.10. The second-order valence-corrected chi connectivity index (χ2v) is 4.10. The normalized spacial score (nSPS) is 12.6. The van der Waals surface area contributed by atoms with Gasteiger partial charge in [0.2, 0.25) is 0 Å². The van der Waals surface area contributed by atoms with Crippen molar-refractivity contribution in [3.63, 3.8) is 0 Å². The molecular weight excluding hydrogens is 214 g/mol. The molecule has 0 spiro atoms. The fraction of sp³-hybridized carbons (Fsp3) is 0.286. The molecule has 0 radical (unpaired) electrons. The van der Waals surface area contributed by atoms with E-state index in [1.165, 1.54) is 0 Å². The third-order valence-electron chi connectivity index (χ3n) is 2.62. The molecule has 0 amide bonds. The van der Waals surface area contributed by atoms with Gasteiger partial charge in [-0.15, -0.1) is 0 Å². The predicted octanol–water partition coefficient (Wildman–Crippen LogP) is 2.42. The standard InChI is InChI=1S/C14H17NO2/c1-11(10-16)15-9-13-7-8-14(17-13)12-5-3-2-4-6-12/h2-8,11,15-16H,9-10H2,1H3/t11-/m1/s1. The summed E-state index contributed by atoms with van der Waals surface area (Å²) in [6.07, 6.45) is 0. The Morgan fingerprint density at radius 2 is 1.94 bits per heavy atom. The molecule has 0 saturated heterocycles. The smallest absolute Gasteiger partial charge is 0.134 e. The second kappa shape index (κ2) is 5.66. The van der Waals surface area contributed by atoms with Crippen LogP contribution < -0.4 is 5.32 Å². The van der Waals surface area contributed by atoms with E-state index < -0.39 is 0 Å². The first-order valence-corrected chi connectivity index (χ1v) is 5.78. The molecule has 90 valence electrons. The minimum atomic E-state index is 0.0836. The summed E-state index contributed by atoms with van der Waals surface area (Å²) in [4.78, 5) is 0. The highest BCUT2D eigenvalue weighted by Crippen LogP contribution is 2.21. The largest absolute Gasteiger partial charge is 0.460 e. The van der Waals surface area contributed by atoms with Crippen LogP contribution in [0.25, 0.3) is 11.3 Å². The topological polar surface area (TPSA) is 45.4 Å². The van der Waals surface area contributed by atoms with E-state index >= 15 is 0 Å². The Kier molecular flexibility index (Phi) is 3.96. The lowest BCUT2D eigenvalue weighted by Gasteiger charge is -2.08. The van der Waals surface area contributed by atoms with Gasteiger partial charge in [-0.2, -0.15) is 0 Å². The molecule has 3 nitrogen and oxygen atoms in total. The Morgan fingerprint density at radius 1 is 1.18 bits per heavy atom. The summed E-state index contributed by atoms with van der Waals surface area (Å²) >= 11 is 0. The van der Waals surface area contributed by atoms with E-state index in [9.17, 15) is 0 Å². The van der Waals surface area contributed by atoms with E-state index in [2.05, 4.69) is 5.32 Å². The molecule has 0 unspecified atom stereocenters. The summed E-state index contributed by atoms with van der Waals surface area (Å²) in [7, 11) is 0. The number of aliphatic hydroxyl groups excluding tert-OH is 1. The predicted molar refractivity (Wildman–Crippen MR) is 67.5 cm³/mol. The number of hydrogen-bond donors (Lipinski definition) is 2. The fourth-order valence-electron chi connectivity index (χ4n) is 1.57. The van der Waals surface area contributed by atoms with Crippen molar-refractivity contribution < 1.29 is 9.52 Å². The van der Waals surface area contributed by atoms with E-state index in [1.807, 2.05) is 49.4 Å². The van der Waals surface area contributed by atoms with Crippen molar-refractivity contribution in [3.05, 3.63) is 48.2 Å². The van der Waals surface area contributed by atoms with Crippen LogP contribution in [0.15, 0.2) is 46.9 Å². The van der Waals surface area contributed by atoms with Crippen LogP contribution in [-0.4, -0.2) is 17.8 Å². The molecule has 1 heterocycles. The highest BCUT2D eigenvalue weighted by molar-refractivity contribution is 5.57. The molecule has 0 saturated carbocycles. The van der Waals surface area contributed by atoms with Crippen LogP contribution in [0.5, 0.6) is 0 Å². The number of hydrogen-bond acceptors (Lipinski definition) is 3. The molecule has 1 aromatic heterocycles. The van der Waals surface area contributed by atoms with Crippen LogP contribution in [0.2, 0.25) is 0 Å². The first kappa shape index (κ1) is 11.9. The van der Waals surface area contributed by atoms with E-state index in [0.717, 1.165) is 17.1 Å². The number of aliphatic hydroxyl groups is 1. The number of furan rings is 1. The maximum Gasteiger partial charge on any atom is 0.134 e. The lowest BCUT2D eigenvalue weighted by atomic mass is 10.2. The lowest BCUT2D eigenvalue weighted by Crippen LogP contribution is -2.28. The van der Waals surface area contributed by atoms with Gasteiger partial charge in [-0.05, 0) is 19.1 Å². The number of nitrogens with one attached hydrogen (secondary N) is 1. The number of rotatable bonds is 5. The Hall–Kier alpha value is -1.58.